The molecule has 6 nitrogen and oxygen atoms in total. The molecule has 3 aromatic carbocycles. The molecule has 1 N–H and O–H groups in total. The number of anilines is 1. The van der Waals surface area contributed by atoms with Crippen molar-refractivity contribution in [3.05, 3.63) is 102 Å². The van der Waals surface area contributed by atoms with Crippen molar-refractivity contribution in [2.24, 2.45) is 0 Å². The summed E-state index contributed by atoms with van der Waals surface area (Å²) < 4.78 is 1.86. The molecule has 0 fully saturated rings. The molecule has 0 unspecified atom stereocenters. The molecule has 1 aromatic heterocycles. The topological polar surface area (TPSA) is 67.2 Å². The number of likely N-dealkylation sites (N-methyl/N-ethyl adjacent to an activating group) is 1. The van der Waals surface area contributed by atoms with E-state index < -0.39 is 0 Å². The van der Waals surface area contributed by atoms with E-state index in [-0.39, 0.29) is 18.4 Å². The molecule has 0 atom stereocenters. The van der Waals surface area contributed by atoms with Crippen LogP contribution in [0.15, 0.2) is 85.1 Å². The Morgan fingerprint density at radius 1 is 0.882 bits per heavy atom. The highest BCUT2D eigenvalue weighted by molar-refractivity contribution is 5.99. The van der Waals surface area contributed by atoms with Gasteiger partial charge < -0.3 is 4.90 Å². The number of imidazole rings is 1. The third kappa shape index (κ3) is 5.23. The highest BCUT2D eigenvalue weighted by Crippen LogP contribution is 2.24. The molecule has 0 aliphatic rings. The van der Waals surface area contributed by atoms with Crippen LogP contribution in [0.3, 0.4) is 0 Å². The summed E-state index contributed by atoms with van der Waals surface area (Å²) in [6.45, 7) is 6.21. The van der Waals surface area contributed by atoms with E-state index in [2.05, 4.69) is 5.32 Å². The molecule has 0 spiro atoms. The lowest BCUT2D eigenvalue weighted by Gasteiger charge is -2.20. The van der Waals surface area contributed by atoms with Crippen LogP contribution in [0.5, 0.6) is 0 Å². The summed E-state index contributed by atoms with van der Waals surface area (Å²) in [6.07, 6.45) is 1.91. The van der Waals surface area contributed by atoms with E-state index in [0.717, 1.165) is 28.1 Å². The second kappa shape index (κ2) is 10.2. The maximum absolute atomic E-state index is 13.0. The van der Waals surface area contributed by atoms with E-state index in [1.807, 2.05) is 98.3 Å². The van der Waals surface area contributed by atoms with Gasteiger partial charge in [0, 0.05) is 29.6 Å². The predicted molar refractivity (Wildman–Crippen MR) is 135 cm³/mol. The Balaban J connectivity index is 1.58. The Morgan fingerprint density at radius 2 is 1.50 bits per heavy atom. The number of carbonyl (C=O) groups is 2. The Morgan fingerprint density at radius 3 is 2.12 bits per heavy atom. The van der Waals surface area contributed by atoms with Gasteiger partial charge in [-0.05, 0) is 45.0 Å². The highest BCUT2D eigenvalue weighted by atomic mass is 16.2. The zero-order valence-corrected chi connectivity index (χ0v) is 19.7. The number of amides is 2. The van der Waals surface area contributed by atoms with Crippen LogP contribution >= 0.6 is 0 Å². The smallest absolute Gasteiger partial charge is 0.254 e. The average molecular weight is 453 g/mol. The SMILES string of the molecule is CCN(CC(=O)Nc1nc(-c2ccccc2)cn1-c1ccc(C)cc1)C(=O)c1ccc(C)cc1. The molecule has 0 radical (unpaired) electrons. The number of carbonyl (C=O) groups excluding carboxylic acids is 2. The van der Waals surface area contributed by atoms with Crippen LogP contribution in [-0.2, 0) is 4.79 Å². The molecule has 0 aliphatic carbocycles. The summed E-state index contributed by atoms with van der Waals surface area (Å²) in [4.78, 5) is 32.1. The lowest BCUT2D eigenvalue weighted by atomic mass is 10.1. The van der Waals surface area contributed by atoms with Crippen LogP contribution < -0.4 is 5.32 Å². The second-order valence-electron chi connectivity index (χ2n) is 8.25. The van der Waals surface area contributed by atoms with Crippen molar-refractivity contribution in [2.75, 3.05) is 18.4 Å². The average Bonchev–Trinajstić information content (AvgIpc) is 3.27. The normalized spacial score (nSPS) is 10.7. The minimum Gasteiger partial charge on any atom is -0.330 e. The van der Waals surface area contributed by atoms with Crippen molar-refractivity contribution >= 4 is 17.8 Å². The molecule has 172 valence electrons. The van der Waals surface area contributed by atoms with Crippen LogP contribution in [-0.4, -0.2) is 39.4 Å². The van der Waals surface area contributed by atoms with Crippen molar-refractivity contribution < 1.29 is 9.59 Å². The number of hydrogen-bond donors (Lipinski definition) is 1. The van der Waals surface area contributed by atoms with Gasteiger partial charge >= 0.3 is 0 Å². The maximum Gasteiger partial charge on any atom is 0.254 e. The lowest BCUT2D eigenvalue weighted by Crippen LogP contribution is -2.38. The molecule has 6 heteroatoms. The minimum absolute atomic E-state index is 0.0648. The van der Waals surface area contributed by atoms with Crippen molar-refractivity contribution in [3.63, 3.8) is 0 Å². The van der Waals surface area contributed by atoms with Crippen LogP contribution in [0.2, 0.25) is 0 Å². The molecule has 0 aliphatic heterocycles. The van der Waals surface area contributed by atoms with Gasteiger partial charge in [0.2, 0.25) is 11.9 Å². The molecular formula is C28H28N4O2. The minimum atomic E-state index is -0.305. The first-order chi connectivity index (χ1) is 16.4. The van der Waals surface area contributed by atoms with Gasteiger partial charge in [0.25, 0.3) is 5.91 Å². The van der Waals surface area contributed by atoms with Crippen molar-refractivity contribution in [3.8, 4) is 16.9 Å². The van der Waals surface area contributed by atoms with Crippen molar-refractivity contribution in [1.29, 1.82) is 0 Å². The first kappa shape index (κ1) is 23.0. The van der Waals surface area contributed by atoms with Gasteiger partial charge in [-0.15, -0.1) is 0 Å². The van der Waals surface area contributed by atoms with Gasteiger partial charge in [-0.1, -0.05) is 65.7 Å². The summed E-state index contributed by atoms with van der Waals surface area (Å²) in [5, 5.41) is 2.91. The van der Waals surface area contributed by atoms with E-state index in [1.54, 1.807) is 12.1 Å². The van der Waals surface area contributed by atoms with Gasteiger partial charge in [-0.3, -0.25) is 19.5 Å². The Kier molecular flexibility index (Phi) is 6.87. The van der Waals surface area contributed by atoms with E-state index in [0.29, 0.717) is 18.1 Å². The van der Waals surface area contributed by atoms with Gasteiger partial charge in [-0.25, -0.2) is 4.98 Å². The number of rotatable bonds is 7. The van der Waals surface area contributed by atoms with E-state index >= 15 is 0 Å². The number of benzene rings is 3. The van der Waals surface area contributed by atoms with Gasteiger partial charge in [0.05, 0.1) is 5.69 Å². The standard InChI is InChI=1S/C28H28N4O2/c1-4-31(27(34)23-14-10-20(2)11-15-23)19-26(33)30-28-29-25(22-8-6-5-7-9-22)18-32(28)24-16-12-21(3)13-17-24/h5-18H,4,19H2,1-3H3,(H,29,30,33). The van der Waals surface area contributed by atoms with Gasteiger partial charge in [0.1, 0.15) is 6.54 Å². The molecule has 4 aromatic rings. The van der Waals surface area contributed by atoms with Crippen LogP contribution in [0.4, 0.5) is 5.95 Å². The Hall–Kier alpha value is -4.19. The summed E-state index contributed by atoms with van der Waals surface area (Å²) in [5.41, 5.74) is 5.38. The Labute approximate surface area is 199 Å². The zero-order chi connectivity index (χ0) is 24.1. The molecular weight excluding hydrogens is 424 g/mol. The molecule has 0 saturated heterocycles. The lowest BCUT2D eigenvalue weighted by molar-refractivity contribution is -0.116. The fourth-order valence-corrected chi connectivity index (χ4v) is 3.66. The largest absolute Gasteiger partial charge is 0.330 e. The van der Waals surface area contributed by atoms with Crippen molar-refractivity contribution in [2.45, 2.75) is 20.8 Å². The highest BCUT2D eigenvalue weighted by Gasteiger charge is 2.19. The molecule has 0 saturated carbocycles. The fourth-order valence-electron chi connectivity index (χ4n) is 3.66. The first-order valence-electron chi connectivity index (χ1n) is 11.3. The summed E-state index contributed by atoms with van der Waals surface area (Å²) in [5.74, 6) is -0.0723. The van der Waals surface area contributed by atoms with Crippen molar-refractivity contribution in [1.82, 2.24) is 14.5 Å². The summed E-state index contributed by atoms with van der Waals surface area (Å²) >= 11 is 0. The number of aryl methyl sites for hydroxylation is 2. The monoisotopic (exact) mass is 452 g/mol. The quantitative estimate of drug-likeness (QED) is 0.416. The number of nitrogens with zero attached hydrogens (tertiary/aromatic N) is 3. The number of nitrogens with one attached hydrogen (secondary N) is 1. The van der Waals surface area contributed by atoms with Crippen LogP contribution in [0, 0.1) is 13.8 Å². The van der Waals surface area contributed by atoms with Crippen LogP contribution in [0.25, 0.3) is 16.9 Å². The van der Waals surface area contributed by atoms with E-state index in [9.17, 15) is 9.59 Å². The molecule has 4 rings (SSSR count). The molecule has 34 heavy (non-hydrogen) atoms. The third-order valence-corrected chi connectivity index (χ3v) is 5.64. The van der Waals surface area contributed by atoms with E-state index in [1.165, 1.54) is 4.90 Å². The molecule has 0 bridgehead atoms. The second-order valence-corrected chi connectivity index (χ2v) is 8.25. The fraction of sp³-hybridized carbons (Fsp3) is 0.179. The maximum atomic E-state index is 13.0. The summed E-state index contributed by atoms with van der Waals surface area (Å²) in [7, 11) is 0. The number of aromatic nitrogens is 2. The summed E-state index contributed by atoms with van der Waals surface area (Å²) in [6, 6.07) is 25.2. The van der Waals surface area contributed by atoms with Crippen LogP contribution in [0.1, 0.15) is 28.4 Å². The van der Waals surface area contributed by atoms with Gasteiger partial charge in [-0.2, -0.15) is 0 Å². The zero-order valence-electron chi connectivity index (χ0n) is 19.7. The molecule has 1 heterocycles. The van der Waals surface area contributed by atoms with Gasteiger partial charge in [0.15, 0.2) is 0 Å². The number of hydrogen-bond acceptors (Lipinski definition) is 3. The predicted octanol–water partition coefficient (Wildman–Crippen LogP) is 5.26. The first-order valence-corrected chi connectivity index (χ1v) is 11.3. The molecule has 2 amide bonds. The Bertz CT molecular complexity index is 1280. The van der Waals surface area contributed by atoms with E-state index in [4.69, 9.17) is 4.98 Å². The third-order valence-electron chi connectivity index (χ3n) is 5.64.